The van der Waals surface area contributed by atoms with E-state index in [2.05, 4.69) is 16.2 Å². The minimum atomic E-state index is -0.359. The van der Waals surface area contributed by atoms with Gasteiger partial charge in [-0.2, -0.15) is 0 Å². The fraction of sp³-hybridized carbons (Fsp3) is 0.684. The molecule has 0 saturated heterocycles. The van der Waals surface area contributed by atoms with E-state index >= 15 is 0 Å². The summed E-state index contributed by atoms with van der Waals surface area (Å²) in [6, 6.07) is 1.57. The molecule has 6 heteroatoms. The highest BCUT2D eigenvalue weighted by Gasteiger charge is 2.34. The van der Waals surface area contributed by atoms with Gasteiger partial charge in [0.25, 0.3) is 5.91 Å². The van der Waals surface area contributed by atoms with Gasteiger partial charge in [-0.1, -0.05) is 25.7 Å². The number of rotatable bonds is 4. The van der Waals surface area contributed by atoms with Crippen molar-refractivity contribution in [2.45, 2.75) is 71.3 Å². The molecule has 0 aromatic carbocycles. The van der Waals surface area contributed by atoms with E-state index in [1.807, 2.05) is 0 Å². The molecular weight excluding hydrogens is 318 g/mol. The summed E-state index contributed by atoms with van der Waals surface area (Å²) >= 11 is 0. The third-order valence-corrected chi connectivity index (χ3v) is 5.69. The van der Waals surface area contributed by atoms with Gasteiger partial charge in [-0.25, -0.2) is 10.2 Å². The second kappa shape index (κ2) is 7.93. The Kier molecular flexibility index (Phi) is 5.66. The maximum atomic E-state index is 12.3. The van der Waals surface area contributed by atoms with Gasteiger partial charge in [-0.05, 0) is 57.4 Å². The van der Waals surface area contributed by atoms with Crippen LogP contribution in [0.25, 0.3) is 0 Å². The molecule has 0 unspecified atom stereocenters. The third kappa shape index (κ3) is 4.35. The molecule has 1 heterocycles. The van der Waals surface area contributed by atoms with Crippen molar-refractivity contribution in [2.75, 3.05) is 0 Å². The number of hydrogen-bond acceptors (Lipinski definition) is 3. The lowest BCUT2D eigenvalue weighted by Gasteiger charge is -2.30. The Hall–Kier alpha value is -1.98. The van der Waals surface area contributed by atoms with E-state index in [0.29, 0.717) is 28.9 Å². The van der Waals surface area contributed by atoms with Crippen molar-refractivity contribution >= 4 is 11.9 Å². The molecule has 0 bridgehead atoms. The van der Waals surface area contributed by atoms with E-state index in [4.69, 9.17) is 4.42 Å². The number of aryl methyl sites for hydroxylation is 2. The van der Waals surface area contributed by atoms with E-state index in [0.717, 1.165) is 0 Å². The molecule has 2 aliphatic carbocycles. The molecule has 3 rings (SSSR count). The Morgan fingerprint density at radius 2 is 1.56 bits per heavy atom. The molecule has 0 atom stereocenters. The summed E-state index contributed by atoms with van der Waals surface area (Å²) in [5.41, 5.74) is 5.43. The van der Waals surface area contributed by atoms with Crippen molar-refractivity contribution in [1.29, 1.82) is 0 Å². The summed E-state index contributed by atoms with van der Waals surface area (Å²) in [6.45, 7) is 3.52. The number of carbonyl (C=O) groups is 2. The van der Waals surface area contributed by atoms with Crippen molar-refractivity contribution < 1.29 is 14.0 Å². The summed E-state index contributed by atoms with van der Waals surface area (Å²) in [7, 11) is 0. The third-order valence-electron chi connectivity index (χ3n) is 5.69. The zero-order valence-corrected chi connectivity index (χ0v) is 15.2. The van der Waals surface area contributed by atoms with E-state index < -0.39 is 0 Å². The van der Waals surface area contributed by atoms with Crippen molar-refractivity contribution in [3.8, 4) is 0 Å². The second-order valence-corrected chi connectivity index (χ2v) is 7.49. The number of nitrogens with one attached hydrogen (secondary N) is 3. The molecule has 2 aliphatic rings. The Balaban J connectivity index is 1.54. The predicted octanol–water partition coefficient (Wildman–Crippen LogP) is 3.59. The van der Waals surface area contributed by atoms with E-state index in [1.54, 1.807) is 19.9 Å². The molecule has 1 aromatic heterocycles. The molecular formula is C19H29N3O3. The molecule has 0 radical (unpaired) electrons. The summed E-state index contributed by atoms with van der Waals surface area (Å²) in [5, 5.41) is 3.14. The van der Waals surface area contributed by atoms with Crippen molar-refractivity contribution in [3.63, 3.8) is 0 Å². The summed E-state index contributed by atoms with van der Waals surface area (Å²) in [4.78, 5) is 24.5. The van der Waals surface area contributed by atoms with Crippen molar-refractivity contribution in [2.24, 2.45) is 11.8 Å². The first-order chi connectivity index (χ1) is 12.0. The Morgan fingerprint density at radius 3 is 2.04 bits per heavy atom. The smallest absolute Gasteiger partial charge is 0.333 e. The molecule has 0 spiro atoms. The van der Waals surface area contributed by atoms with Gasteiger partial charge in [0.2, 0.25) is 0 Å². The fourth-order valence-corrected chi connectivity index (χ4v) is 4.48. The first-order valence-corrected chi connectivity index (χ1v) is 9.48. The largest absolute Gasteiger partial charge is 0.466 e. The topological polar surface area (TPSA) is 83.4 Å². The monoisotopic (exact) mass is 347 g/mol. The lowest BCUT2D eigenvalue weighted by Crippen LogP contribution is -2.53. The van der Waals surface area contributed by atoms with Gasteiger partial charge in [-0.3, -0.25) is 10.2 Å². The van der Waals surface area contributed by atoms with Gasteiger partial charge in [0.05, 0.1) is 5.56 Å². The molecule has 1 aromatic rings. The summed E-state index contributed by atoms with van der Waals surface area (Å²) in [5.74, 6) is 2.01. The molecule has 2 saturated carbocycles. The number of urea groups is 1. The van der Waals surface area contributed by atoms with Gasteiger partial charge in [-0.15, -0.1) is 0 Å². The Bertz CT molecular complexity index is 597. The Labute approximate surface area is 149 Å². The molecule has 138 valence electrons. The van der Waals surface area contributed by atoms with E-state index in [9.17, 15) is 9.59 Å². The summed E-state index contributed by atoms with van der Waals surface area (Å²) < 4.78 is 5.35. The quantitative estimate of drug-likeness (QED) is 0.728. The van der Waals surface area contributed by atoms with E-state index in [-0.39, 0.29) is 18.0 Å². The van der Waals surface area contributed by atoms with Crippen LogP contribution in [-0.4, -0.2) is 18.0 Å². The van der Waals surface area contributed by atoms with Crippen LogP contribution in [0.1, 0.15) is 73.2 Å². The average Bonchev–Trinajstić information content (AvgIpc) is 3.32. The van der Waals surface area contributed by atoms with Gasteiger partial charge in [0.1, 0.15) is 11.5 Å². The molecule has 3 amide bonds. The number of hydrazine groups is 1. The van der Waals surface area contributed by atoms with Crippen LogP contribution >= 0.6 is 0 Å². The molecule has 6 nitrogen and oxygen atoms in total. The minimum Gasteiger partial charge on any atom is -0.466 e. The first kappa shape index (κ1) is 17.8. The number of furan rings is 1. The van der Waals surface area contributed by atoms with Crippen LogP contribution in [0.15, 0.2) is 10.5 Å². The normalized spacial score (nSPS) is 18.7. The lowest BCUT2D eigenvalue weighted by molar-refractivity contribution is 0.0933. The van der Waals surface area contributed by atoms with Gasteiger partial charge < -0.3 is 9.73 Å². The average molecular weight is 347 g/mol. The van der Waals surface area contributed by atoms with Crippen LogP contribution in [0.2, 0.25) is 0 Å². The number of amides is 3. The van der Waals surface area contributed by atoms with Crippen LogP contribution in [-0.2, 0) is 0 Å². The molecule has 25 heavy (non-hydrogen) atoms. The van der Waals surface area contributed by atoms with Crippen molar-refractivity contribution in [1.82, 2.24) is 16.2 Å². The van der Waals surface area contributed by atoms with Crippen molar-refractivity contribution in [3.05, 3.63) is 23.2 Å². The molecule has 3 N–H and O–H groups in total. The molecule has 0 aliphatic heterocycles. The fourth-order valence-electron chi connectivity index (χ4n) is 4.48. The highest BCUT2D eigenvalue weighted by molar-refractivity contribution is 5.96. The van der Waals surface area contributed by atoms with Gasteiger partial charge in [0, 0.05) is 6.04 Å². The Morgan fingerprint density at radius 1 is 1.00 bits per heavy atom. The predicted molar refractivity (Wildman–Crippen MR) is 95.0 cm³/mol. The number of carbonyl (C=O) groups excluding carboxylic acids is 2. The number of hydrogen-bond donors (Lipinski definition) is 3. The second-order valence-electron chi connectivity index (χ2n) is 7.49. The van der Waals surface area contributed by atoms with Crippen LogP contribution in [0, 0.1) is 25.7 Å². The van der Waals surface area contributed by atoms with E-state index in [1.165, 1.54) is 51.4 Å². The van der Waals surface area contributed by atoms with Crippen LogP contribution in [0.4, 0.5) is 4.79 Å². The zero-order chi connectivity index (χ0) is 17.8. The van der Waals surface area contributed by atoms with Crippen LogP contribution in [0.5, 0.6) is 0 Å². The highest BCUT2D eigenvalue weighted by Crippen LogP contribution is 2.37. The van der Waals surface area contributed by atoms with Gasteiger partial charge in [0.15, 0.2) is 0 Å². The maximum absolute atomic E-state index is 12.3. The standard InChI is InChI=1S/C19H29N3O3/c1-12-11-16(13(2)25-12)18(23)21-22-19(24)20-17(14-7-3-4-8-14)15-9-5-6-10-15/h11,14-15,17H,3-10H2,1-2H3,(H,21,23)(H2,20,22,24). The first-order valence-electron chi connectivity index (χ1n) is 9.48. The zero-order valence-electron chi connectivity index (χ0n) is 15.2. The SMILES string of the molecule is Cc1cc(C(=O)NNC(=O)NC(C2CCCC2)C2CCCC2)c(C)o1. The summed E-state index contributed by atoms with van der Waals surface area (Å²) in [6.07, 6.45) is 9.81. The lowest BCUT2D eigenvalue weighted by atomic mass is 9.86. The highest BCUT2D eigenvalue weighted by atomic mass is 16.3. The van der Waals surface area contributed by atoms with Crippen LogP contribution < -0.4 is 16.2 Å². The maximum Gasteiger partial charge on any atom is 0.333 e. The van der Waals surface area contributed by atoms with Gasteiger partial charge >= 0.3 is 6.03 Å². The van der Waals surface area contributed by atoms with Crippen LogP contribution in [0.3, 0.4) is 0 Å². The molecule has 2 fully saturated rings. The minimum absolute atomic E-state index is 0.222.